The van der Waals surface area contributed by atoms with Crippen LogP contribution >= 0.6 is 0 Å². The molecular formula is C13H23N3O. The van der Waals surface area contributed by atoms with Gasteiger partial charge in [0.2, 0.25) is 5.91 Å². The molecule has 1 aromatic rings. The van der Waals surface area contributed by atoms with E-state index in [1.165, 1.54) is 5.56 Å². The van der Waals surface area contributed by atoms with Gasteiger partial charge in [-0.25, -0.2) is 0 Å². The van der Waals surface area contributed by atoms with Gasteiger partial charge in [-0.15, -0.1) is 0 Å². The second-order valence-corrected chi connectivity index (χ2v) is 4.38. The topological polar surface area (TPSA) is 60.1 Å². The van der Waals surface area contributed by atoms with Crippen LogP contribution < -0.4 is 11.1 Å². The standard InChI is InChI=1S/C13H23N3O/c1-3-5-12(15-7-4-2)11-6-8-16(9-11)10-13(14)17/h6,8-9,12,15H,3-5,7,10H2,1-2H3,(H2,14,17). The number of hydrogen-bond donors (Lipinski definition) is 2. The summed E-state index contributed by atoms with van der Waals surface area (Å²) < 4.78 is 1.84. The summed E-state index contributed by atoms with van der Waals surface area (Å²) in [6.45, 7) is 5.62. The molecule has 1 heterocycles. The van der Waals surface area contributed by atoms with Crippen molar-refractivity contribution in [1.82, 2.24) is 9.88 Å². The van der Waals surface area contributed by atoms with E-state index in [1.807, 2.05) is 17.0 Å². The molecule has 0 radical (unpaired) electrons. The molecule has 17 heavy (non-hydrogen) atoms. The maximum absolute atomic E-state index is 10.8. The molecule has 0 spiro atoms. The van der Waals surface area contributed by atoms with Gasteiger partial charge in [0.05, 0.1) is 0 Å². The highest BCUT2D eigenvalue weighted by Gasteiger charge is 2.11. The lowest BCUT2D eigenvalue weighted by atomic mass is 10.1. The Morgan fingerprint density at radius 2 is 2.24 bits per heavy atom. The normalized spacial score (nSPS) is 12.6. The maximum atomic E-state index is 10.8. The van der Waals surface area contributed by atoms with E-state index in [0.717, 1.165) is 25.8 Å². The molecule has 0 aliphatic heterocycles. The van der Waals surface area contributed by atoms with Crippen LogP contribution in [0.5, 0.6) is 0 Å². The third-order valence-corrected chi connectivity index (χ3v) is 2.73. The number of nitrogens with one attached hydrogen (secondary N) is 1. The van der Waals surface area contributed by atoms with Crippen LogP contribution in [0.25, 0.3) is 0 Å². The van der Waals surface area contributed by atoms with Crippen molar-refractivity contribution in [3.05, 3.63) is 24.0 Å². The number of nitrogens with zero attached hydrogens (tertiary/aromatic N) is 1. The van der Waals surface area contributed by atoms with Crippen molar-refractivity contribution in [2.45, 2.75) is 45.7 Å². The molecule has 96 valence electrons. The minimum atomic E-state index is -0.305. The van der Waals surface area contributed by atoms with Gasteiger partial charge in [-0.05, 0) is 31.0 Å². The third-order valence-electron chi connectivity index (χ3n) is 2.73. The van der Waals surface area contributed by atoms with Crippen LogP contribution in [0.15, 0.2) is 18.5 Å². The van der Waals surface area contributed by atoms with Gasteiger partial charge >= 0.3 is 0 Å². The summed E-state index contributed by atoms with van der Waals surface area (Å²) in [7, 11) is 0. The second-order valence-electron chi connectivity index (χ2n) is 4.38. The predicted molar refractivity (Wildman–Crippen MR) is 69.6 cm³/mol. The third kappa shape index (κ3) is 4.61. The summed E-state index contributed by atoms with van der Waals surface area (Å²) in [6, 6.07) is 2.44. The highest BCUT2D eigenvalue weighted by molar-refractivity contribution is 5.73. The van der Waals surface area contributed by atoms with Crippen molar-refractivity contribution in [3.63, 3.8) is 0 Å². The number of rotatable bonds is 8. The molecule has 0 saturated carbocycles. The van der Waals surface area contributed by atoms with E-state index in [4.69, 9.17) is 5.73 Å². The monoisotopic (exact) mass is 237 g/mol. The van der Waals surface area contributed by atoms with Crippen molar-refractivity contribution in [3.8, 4) is 0 Å². The summed E-state index contributed by atoms with van der Waals surface area (Å²) in [6.07, 6.45) is 7.30. The molecule has 3 N–H and O–H groups in total. The Kier molecular flexibility index (Phi) is 5.77. The van der Waals surface area contributed by atoms with Gasteiger partial charge < -0.3 is 15.6 Å². The average Bonchev–Trinajstić information content (AvgIpc) is 2.71. The first kappa shape index (κ1) is 13.8. The van der Waals surface area contributed by atoms with Gasteiger partial charge in [-0.3, -0.25) is 4.79 Å². The van der Waals surface area contributed by atoms with Crippen LogP contribution in [0.4, 0.5) is 0 Å². The van der Waals surface area contributed by atoms with Crippen LogP contribution in [0, 0.1) is 0 Å². The van der Waals surface area contributed by atoms with Crippen LogP contribution in [-0.4, -0.2) is 17.0 Å². The largest absolute Gasteiger partial charge is 0.368 e. The Morgan fingerprint density at radius 3 is 2.82 bits per heavy atom. The van der Waals surface area contributed by atoms with Gasteiger partial charge in [0.1, 0.15) is 6.54 Å². The van der Waals surface area contributed by atoms with Gasteiger partial charge in [-0.1, -0.05) is 20.3 Å². The molecule has 1 unspecified atom stereocenters. The minimum absolute atomic E-state index is 0.257. The SMILES string of the molecule is CCCNC(CCC)c1ccn(CC(N)=O)c1. The summed E-state index contributed by atoms with van der Waals surface area (Å²) in [5.41, 5.74) is 6.41. The van der Waals surface area contributed by atoms with Crippen molar-refractivity contribution in [1.29, 1.82) is 0 Å². The lowest BCUT2D eigenvalue weighted by Crippen LogP contribution is -2.22. The predicted octanol–water partition coefficient (Wildman–Crippen LogP) is 1.81. The first-order chi connectivity index (χ1) is 8.17. The van der Waals surface area contributed by atoms with E-state index in [0.29, 0.717) is 6.04 Å². The van der Waals surface area contributed by atoms with Crippen LogP contribution in [0.2, 0.25) is 0 Å². The van der Waals surface area contributed by atoms with Gasteiger partial charge in [0.25, 0.3) is 0 Å². The van der Waals surface area contributed by atoms with Crippen LogP contribution in [0.3, 0.4) is 0 Å². The Labute approximate surface area is 103 Å². The van der Waals surface area contributed by atoms with Crippen LogP contribution in [-0.2, 0) is 11.3 Å². The number of carbonyl (C=O) groups is 1. The molecule has 1 amide bonds. The van der Waals surface area contributed by atoms with Gasteiger partial charge in [-0.2, -0.15) is 0 Å². The number of nitrogens with two attached hydrogens (primary N) is 1. The number of hydrogen-bond acceptors (Lipinski definition) is 2. The van der Waals surface area contributed by atoms with Crippen LogP contribution in [0.1, 0.15) is 44.7 Å². The molecule has 4 nitrogen and oxygen atoms in total. The molecule has 0 aliphatic carbocycles. The number of aromatic nitrogens is 1. The average molecular weight is 237 g/mol. The maximum Gasteiger partial charge on any atom is 0.237 e. The molecule has 0 saturated heterocycles. The van der Waals surface area contributed by atoms with E-state index < -0.39 is 0 Å². The first-order valence-electron chi connectivity index (χ1n) is 6.34. The Hall–Kier alpha value is -1.29. The molecule has 1 rings (SSSR count). The molecule has 0 bridgehead atoms. The molecule has 0 fully saturated rings. The zero-order valence-electron chi connectivity index (χ0n) is 10.8. The summed E-state index contributed by atoms with van der Waals surface area (Å²) in [5.74, 6) is -0.305. The Bertz CT molecular complexity index is 346. The minimum Gasteiger partial charge on any atom is -0.368 e. The van der Waals surface area contributed by atoms with Gasteiger partial charge in [0.15, 0.2) is 0 Å². The van der Waals surface area contributed by atoms with Crippen molar-refractivity contribution in [2.75, 3.05) is 6.54 Å². The molecule has 0 aromatic carbocycles. The molecule has 4 heteroatoms. The fraction of sp³-hybridized carbons (Fsp3) is 0.615. The quantitative estimate of drug-likeness (QED) is 0.724. The summed E-state index contributed by atoms with van der Waals surface area (Å²) >= 11 is 0. The first-order valence-corrected chi connectivity index (χ1v) is 6.34. The van der Waals surface area contributed by atoms with Crippen molar-refractivity contribution < 1.29 is 4.79 Å². The number of primary amides is 1. The molecule has 1 atom stereocenters. The van der Waals surface area contributed by atoms with E-state index in [-0.39, 0.29) is 12.5 Å². The van der Waals surface area contributed by atoms with E-state index in [9.17, 15) is 4.79 Å². The smallest absolute Gasteiger partial charge is 0.237 e. The molecular weight excluding hydrogens is 214 g/mol. The van der Waals surface area contributed by atoms with E-state index in [1.54, 1.807) is 0 Å². The molecule has 1 aromatic heterocycles. The highest BCUT2D eigenvalue weighted by atomic mass is 16.1. The zero-order valence-corrected chi connectivity index (χ0v) is 10.8. The lowest BCUT2D eigenvalue weighted by Gasteiger charge is -2.16. The Morgan fingerprint density at radius 1 is 1.47 bits per heavy atom. The Balaban J connectivity index is 2.65. The number of carbonyl (C=O) groups excluding carboxylic acids is 1. The number of amides is 1. The van der Waals surface area contributed by atoms with Gasteiger partial charge in [0, 0.05) is 18.4 Å². The fourth-order valence-corrected chi connectivity index (χ4v) is 1.94. The summed E-state index contributed by atoms with van der Waals surface area (Å²) in [4.78, 5) is 10.8. The fourth-order valence-electron chi connectivity index (χ4n) is 1.94. The lowest BCUT2D eigenvalue weighted by molar-refractivity contribution is -0.118. The zero-order chi connectivity index (χ0) is 12.7. The summed E-state index contributed by atoms with van der Waals surface area (Å²) in [5, 5.41) is 3.52. The van der Waals surface area contributed by atoms with E-state index >= 15 is 0 Å². The second kappa shape index (κ2) is 7.12. The molecule has 0 aliphatic rings. The highest BCUT2D eigenvalue weighted by Crippen LogP contribution is 2.18. The van der Waals surface area contributed by atoms with Crippen molar-refractivity contribution >= 4 is 5.91 Å². The van der Waals surface area contributed by atoms with E-state index in [2.05, 4.69) is 25.2 Å². The van der Waals surface area contributed by atoms with Crippen molar-refractivity contribution in [2.24, 2.45) is 5.73 Å².